The van der Waals surface area contributed by atoms with Crippen molar-refractivity contribution in [1.29, 1.82) is 0 Å². The van der Waals surface area contributed by atoms with Crippen LogP contribution in [0.1, 0.15) is 22.7 Å². The fourth-order valence-corrected chi connectivity index (χ4v) is 2.90. The molecule has 3 rings (SSSR count). The Morgan fingerprint density at radius 3 is 2.81 bits per heavy atom. The first-order chi connectivity index (χ1) is 10.2. The standard InChI is InChI=1S/C18H21NO2/c1-19-10-9-15-11-16(20)7-8-17(15)18(19)13-21-12-14-5-3-2-4-6-14/h2-8,11,18,20H,9-10,12-13H2,1H3. The Morgan fingerprint density at radius 1 is 1.19 bits per heavy atom. The Kier molecular flexibility index (Phi) is 4.23. The summed E-state index contributed by atoms with van der Waals surface area (Å²) in [5, 5.41) is 9.62. The van der Waals surface area contributed by atoms with Crippen LogP contribution in [0.25, 0.3) is 0 Å². The largest absolute Gasteiger partial charge is 0.508 e. The second-order valence-corrected chi connectivity index (χ2v) is 5.63. The van der Waals surface area contributed by atoms with Crippen molar-refractivity contribution in [2.75, 3.05) is 20.2 Å². The Labute approximate surface area is 125 Å². The first-order valence-electron chi connectivity index (χ1n) is 7.38. The molecule has 3 nitrogen and oxygen atoms in total. The molecule has 2 aromatic carbocycles. The lowest BCUT2D eigenvalue weighted by atomic mass is 9.93. The molecule has 3 heteroatoms. The van der Waals surface area contributed by atoms with Gasteiger partial charge in [-0.2, -0.15) is 0 Å². The molecule has 110 valence electrons. The molecule has 0 aliphatic carbocycles. The number of likely N-dealkylation sites (N-methyl/N-ethyl adjacent to an activating group) is 1. The van der Waals surface area contributed by atoms with Crippen LogP contribution in [0.4, 0.5) is 0 Å². The fourth-order valence-electron chi connectivity index (χ4n) is 2.90. The first kappa shape index (κ1) is 14.1. The number of nitrogens with zero attached hydrogens (tertiary/aromatic N) is 1. The molecule has 1 aliphatic heterocycles. The molecule has 1 heterocycles. The predicted molar refractivity (Wildman–Crippen MR) is 83.3 cm³/mol. The van der Waals surface area contributed by atoms with Crippen LogP contribution in [0.3, 0.4) is 0 Å². The molecule has 0 saturated carbocycles. The average molecular weight is 283 g/mol. The van der Waals surface area contributed by atoms with Gasteiger partial charge in [0.15, 0.2) is 0 Å². The van der Waals surface area contributed by atoms with Gasteiger partial charge in [0, 0.05) is 6.54 Å². The number of hydrogen-bond acceptors (Lipinski definition) is 3. The van der Waals surface area contributed by atoms with Crippen molar-refractivity contribution >= 4 is 0 Å². The second kappa shape index (κ2) is 6.29. The number of fused-ring (bicyclic) bond motifs is 1. The van der Waals surface area contributed by atoms with Gasteiger partial charge in [0.05, 0.1) is 19.3 Å². The Balaban J connectivity index is 1.67. The Bertz CT molecular complexity index is 597. The first-order valence-corrected chi connectivity index (χ1v) is 7.38. The zero-order valence-corrected chi connectivity index (χ0v) is 12.3. The van der Waals surface area contributed by atoms with Gasteiger partial charge in [-0.05, 0) is 42.3 Å². The summed E-state index contributed by atoms with van der Waals surface area (Å²) in [6.07, 6.45) is 0.982. The number of ether oxygens (including phenoxy) is 1. The second-order valence-electron chi connectivity index (χ2n) is 5.63. The molecule has 0 fully saturated rings. The third-order valence-electron chi connectivity index (χ3n) is 4.14. The number of rotatable bonds is 4. The van der Waals surface area contributed by atoms with Crippen LogP contribution in [-0.4, -0.2) is 30.2 Å². The smallest absolute Gasteiger partial charge is 0.115 e. The minimum absolute atomic E-state index is 0.262. The highest BCUT2D eigenvalue weighted by atomic mass is 16.5. The van der Waals surface area contributed by atoms with E-state index in [1.165, 1.54) is 16.7 Å². The van der Waals surface area contributed by atoms with Crippen molar-refractivity contribution in [3.63, 3.8) is 0 Å². The van der Waals surface area contributed by atoms with Crippen LogP contribution >= 0.6 is 0 Å². The summed E-state index contributed by atoms with van der Waals surface area (Å²) < 4.78 is 5.91. The molecule has 1 unspecified atom stereocenters. The van der Waals surface area contributed by atoms with Crippen molar-refractivity contribution in [3.8, 4) is 5.75 Å². The van der Waals surface area contributed by atoms with E-state index in [9.17, 15) is 5.11 Å². The molecule has 0 aromatic heterocycles. The molecule has 0 spiro atoms. The maximum Gasteiger partial charge on any atom is 0.115 e. The third kappa shape index (κ3) is 3.26. The van der Waals surface area contributed by atoms with Gasteiger partial charge in [0.25, 0.3) is 0 Å². The molecule has 2 aromatic rings. The van der Waals surface area contributed by atoms with E-state index < -0.39 is 0 Å². The maximum atomic E-state index is 9.62. The van der Waals surface area contributed by atoms with Crippen LogP contribution in [-0.2, 0) is 17.8 Å². The van der Waals surface area contributed by atoms with Crippen molar-refractivity contribution < 1.29 is 9.84 Å². The van der Waals surface area contributed by atoms with Gasteiger partial charge in [0.2, 0.25) is 0 Å². The molecule has 0 amide bonds. The highest BCUT2D eigenvalue weighted by Crippen LogP contribution is 2.31. The Hall–Kier alpha value is -1.84. The van der Waals surface area contributed by atoms with Gasteiger partial charge in [-0.25, -0.2) is 0 Å². The summed E-state index contributed by atoms with van der Waals surface area (Å²) >= 11 is 0. The lowest BCUT2D eigenvalue weighted by Gasteiger charge is -2.34. The van der Waals surface area contributed by atoms with E-state index in [1.807, 2.05) is 30.3 Å². The zero-order chi connectivity index (χ0) is 14.7. The van der Waals surface area contributed by atoms with E-state index in [0.717, 1.165) is 13.0 Å². The van der Waals surface area contributed by atoms with Gasteiger partial charge in [-0.15, -0.1) is 0 Å². The van der Waals surface area contributed by atoms with Crippen LogP contribution in [0, 0.1) is 0 Å². The molecule has 0 radical (unpaired) electrons. The van der Waals surface area contributed by atoms with E-state index in [0.29, 0.717) is 19.0 Å². The molecule has 0 saturated heterocycles. The minimum Gasteiger partial charge on any atom is -0.508 e. The summed E-state index contributed by atoms with van der Waals surface area (Å²) in [7, 11) is 2.13. The molecule has 1 N–H and O–H groups in total. The van der Waals surface area contributed by atoms with Crippen LogP contribution in [0.5, 0.6) is 5.75 Å². The number of hydrogen-bond donors (Lipinski definition) is 1. The Morgan fingerprint density at radius 2 is 2.00 bits per heavy atom. The molecule has 1 aliphatic rings. The van der Waals surface area contributed by atoms with Crippen LogP contribution in [0.2, 0.25) is 0 Å². The van der Waals surface area contributed by atoms with Crippen LogP contribution < -0.4 is 0 Å². The molecular weight excluding hydrogens is 262 g/mol. The van der Waals surface area contributed by atoms with E-state index in [-0.39, 0.29) is 6.04 Å². The average Bonchev–Trinajstić information content (AvgIpc) is 2.50. The maximum absolute atomic E-state index is 9.62. The fraction of sp³-hybridized carbons (Fsp3) is 0.333. The molecular formula is C18H21NO2. The quantitative estimate of drug-likeness (QED) is 0.935. The lowest BCUT2D eigenvalue weighted by molar-refractivity contribution is 0.0556. The van der Waals surface area contributed by atoms with E-state index in [4.69, 9.17) is 4.74 Å². The highest BCUT2D eigenvalue weighted by molar-refractivity contribution is 5.38. The van der Waals surface area contributed by atoms with Gasteiger partial charge in [-0.1, -0.05) is 36.4 Å². The summed E-state index contributed by atoms with van der Waals surface area (Å²) in [5.74, 6) is 0.349. The van der Waals surface area contributed by atoms with Crippen molar-refractivity contribution in [1.82, 2.24) is 4.90 Å². The monoisotopic (exact) mass is 283 g/mol. The van der Waals surface area contributed by atoms with Gasteiger partial charge in [0.1, 0.15) is 5.75 Å². The van der Waals surface area contributed by atoms with Gasteiger partial charge in [-0.3, -0.25) is 4.90 Å². The summed E-state index contributed by atoms with van der Waals surface area (Å²) in [5.41, 5.74) is 3.71. The number of phenolic OH excluding ortho intramolecular Hbond substituents is 1. The summed E-state index contributed by atoms with van der Waals surface area (Å²) in [6, 6.07) is 16.2. The zero-order valence-electron chi connectivity index (χ0n) is 12.3. The predicted octanol–water partition coefficient (Wildman–Crippen LogP) is 3.14. The van der Waals surface area contributed by atoms with E-state index in [1.54, 1.807) is 6.07 Å². The molecule has 1 atom stereocenters. The molecule has 21 heavy (non-hydrogen) atoms. The van der Waals surface area contributed by atoms with Gasteiger partial charge >= 0.3 is 0 Å². The van der Waals surface area contributed by atoms with Crippen molar-refractivity contribution in [2.24, 2.45) is 0 Å². The summed E-state index contributed by atoms with van der Waals surface area (Å²) in [6.45, 7) is 2.30. The normalized spacial score (nSPS) is 18.4. The van der Waals surface area contributed by atoms with Crippen molar-refractivity contribution in [2.45, 2.75) is 19.1 Å². The topological polar surface area (TPSA) is 32.7 Å². The summed E-state index contributed by atoms with van der Waals surface area (Å²) in [4.78, 5) is 2.32. The van der Waals surface area contributed by atoms with E-state index in [2.05, 4.69) is 24.1 Å². The number of phenols is 1. The SMILES string of the molecule is CN1CCc2cc(O)ccc2C1COCc1ccccc1. The highest BCUT2D eigenvalue weighted by Gasteiger charge is 2.24. The van der Waals surface area contributed by atoms with Gasteiger partial charge < -0.3 is 9.84 Å². The van der Waals surface area contributed by atoms with Crippen LogP contribution in [0.15, 0.2) is 48.5 Å². The lowest BCUT2D eigenvalue weighted by Crippen LogP contribution is -2.34. The number of benzene rings is 2. The number of aromatic hydroxyl groups is 1. The third-order valence-corrected chi connectivity index (χ3v) is 4.14. The van der Waals surface area contributed by atoms with E-state index >= 15 is 0 Å². The minimum atomic E-state index is 0.262. The van der Waals surface area contributed by atoms with Crippen molar-refractivity contribution in [3.05, 3.63) is 65.2 Å². The molecule has 0 bridgehead atoms.